The Kier molecular flexibility index (Phi) is 5.03. The molecule has 2 aromatic carbocycles. The molecule has 1 saturated carbocycles. The maximum Gasteiger partial charge on any atom is 0.209 e. The lowest BCUT2D eigenvalue weighted by molar-refractivity contribution is 0.298. The number of para-hydroxylation sites is 1. The van der Waals surface area contributed by atoms with Crippen LogP contribution in [0, 0.1) is 5.92 Å². The summed E-state index contributed by atoms with van der Waals surface area (Å²) in [6, 6.07) is 20.7. The summed E-state index contributed by atoms with van der Waals surface area (Å²) >= 11 is 0. The molecule has 1 fully saturated rings. The maximum atomic E-state index is 12.8. The fourth-order valence-corrected chi connectivity index (χ4v) is 3.84. The predicted molar refractivity (Wildman–Crippen MR) is 128 cm³/mol. The minimum atomic E-state index is -0.178. The molecule has 0 N–H and O–H groups in total. The third kappa shape index (κ3) is 3.90. The molecule has 8 nitrogen and oxygen atoms in total. The standard InChI is InChI=1S/C26H22N6O2/c33-24-12-16-31(29-26(24)23-11-14-28-32(23)20-5-2-1-3-6-20)22-10-9-21(30-15-4-13-27-30)17-25(22)34-18-19-7-8-19/h1-6,9-17,19H,7-8,18H2. The summed E-state index contributed by atoms with van der Waals surface area (Å²) in [7, 11) is 0. The lowest BCUT2D eigenvalue weighted by Gasteiger charge is -2.15. The first kappa shape index (κ1) is 20.2. The van der Waals surface area contributed by atoms with E-state index in [0.717, 1.165) is 17.1 Å². The molecule has 5 aromatic rings. The van der Waals surface area contributed by atoms with Gasteiger partial charge in [0.1, 0.15) is 11.4 Å². The van der Waals surface area contributed by atoms with E-state index in [1.54, 1.807) is 38.7 Å². The van der Waals surface area contributed by atoms with E-state index >= 15 is 0 Å². The van der Waals surface area contributed by atoms with E-state index in [9.17, 15) is 4.79 Å². The molecule has 168 valence electrons. The highest BCUT2D eigenvalue weighted by Gasteiger charge is 2.23. The Morgan fingerprint density at radius 3 is 2.53 bits per heavy atom. The van der Waals surface area contributed by atoms with Crippen molar-refractivity contribution in [3.63, 3.8) is 0 Å². The molecular formula is C26H22N6O2. The van der Waals surface area contributed by atoms with Crippen LogP contribution in [0.5, 0.6) is 5.75 Å². The smallest absolute Gasteiger partial charge is 0.209 e. The van der Waals surface area contributed by atoms with Crippen molar-refractivity contribution in [2.75, 3.05) is 6.61 Å². The average Bonchev–Trinajstić information content (AvgIpc) is 3.32. The van der Waals surface area contributed by atoms with E-state index in [-0.39, 0.29) is 5.43 Å². The van der Waals surface area contributed by atoms with Gasteiger partial charge in [0.05, 0.1) is 29.9 Å². The van der Waals surface area contributed by atoms with Crippen LogP contribution in [0.2, 0.25) is 0 Å². The van der Waals surface area contributed by atoms with Crippen molar-refractivity contribution in [3.8, 4) is 34.2 Å². The van der Waals surface area contributed by atoms with Crippen LogP contribution >= 0.6 is 0 Å². The van der Waals surface area contributed by atoms with Crippen LogP contribution in [0.3, 0.4) is 0 Å². The second-order valence-corrected chi connectivity index (χ2v) is 8.29. The van der Waals surface area contributed by atoms with Crippen molar-refractivity contribution in [3.05, 3.63) is 102 Å². The van der Waals surface area contributed by atoms with Crippen LogP contribution in [-0.4, -0.2) is 35.9 Å². The van der Waals surface area contributed by atoms with Gasteiger partial charge in [0.25, 0.3) is 0 Å². The summed E-state index contributed by atoms with van der Waals surface area (Å²) < 4.78 is 11.4. The zero-order valence-corrected chi connectivity index (χ0v) is 18.4. The maximum absolute atomic E-state index is 12.8. The summed E-state index contributed by atoms with van der Waals surface area (Å²) in [5.74, 6) is 1.29. The third-order valence-electron chi connectivity index (χ3n) is 5.82. The molecule has 3 aromatic heterocycles. The molecule has 3 heterocycles. The number of aromatic nitrogens is 6. The number of nitrogens with zero attached hydrogens (tertiary/aromatic N) is 6. The van der Waals surface area contributed by atoms with Gasteiger partial charge in [-0.25, -0.2) is 14.0 Å². The lowest BCUT2D eigenvalue weighted by Crippen LogP contribution is -2.15. The van der Waals surface area contributed by atoms with Crippen LogP contribution in [0.25, 0.3) is 28.5 Å². The van der Waals surface area contributed by atoms with E-state index in [1.807, 2.05) is 60.8 Å². The molecule has 34 heavy (non-hydrogen) atoms. The van der Waals surface area contributed by atoms with E-state index < -0.39 is 0 Å². The number of hydrogen-bond donors (Lipinski definition) is 0. The normalized spacial score (nSPS) is 13.2. The van der Waals surface area contributed by atoms with Crippen molar-refractivity contribution in [1.29, 1.82) is 0 Å². The molecule has 0 saturated heterocycles. The molecule has 8 heteroatoms. The molecule has 0 amide bonds. The van der Waals surface area contributed by atoms with Gasteiger partial charge in [0.15, 0.2) is 5.69 Å². The minimum absolute atomic E-state index is 0.178. The zero-order valence-electron chi connectivity index (χ0n) is 18.4. The van der Waals surface area contributed by atoms with Crippen molar-refractivity contribution < 1.29 is 4.74 Å². The summed E-state index contributed by atoms with van der Waals surface area (Å²) in [6.45, 7) is 0.656. The Labute approximate surface area is 195 Å². The predicted octanol–water partition coefficient (Wildman–Crippen LogP) is 4.06. The largest absolute Gasteiger partial charge is 0.491 e. The van der Waals surface area contributed by atoms with Gasteiger partial charge in [-0.1, -0.05) is 18.2 Å². The Balaban J connectivity index is 1.43. The fourth-order valence-electron chi connectivity index (χ4n) is 3.84. The number of hydrogen-bond acceptors (Lipinski definition) is 5. The quantitative estimate of drug-likeness (QED) is 0.374. The lowest BCUT2D eigenvalue weighted by atomic mass is 10.2. The molecule has 0 aliphatic heterocycles. The molecule has 0 unspecified atom stereocenters. The van der Waals surface area contributed by atoms with E-state index in [0.29, 0.717) is 29.7 Å². The minimum Gasteiger partial charge on any atom is -0.491 e. The first-order chi connectivity index (χ1) is 16.8. The van der Waals surface area contributed by atoms with Gasteiger partial charge in [-0.15, -0.1) is 0 Å². The molecular weight excluding hydrogens is 428 g/mol. The van der Waals surface area contributed by atoms with Crippen LogP contribution in [0.15, 0.2) is 96.3 Å². The summed E-state index contributed by atoms with van der Waals surface area (Å²) in [4.78, 5) is 12.8. The van der Waals surface area contributed by atoms with Crippen molar-refractivity contribution >= 4 is 0 Å². The Morgan fingerprint density at radius 1 is 0.853 bits per heavy atom. The van der Waals surface area contributed by atoms with Crippen LogP contribution in [0.4, 0.5) is 0 Å². The van der Waals surface area contributed by atoms with Gasteiger partial charge in [-0.3, -0.25) is 4.79 Å². The van der Waals surface area contributed by atoms with Crippen LogP contribution < -0.4 is 10.2 Å². The fraction of sp³-hybridized carbons (Fsp3) is 0.154. The van der Waals surface area contributed by atoms with Gasteiger partial charge in [0, 0.05) is 30.7 Å². The second kappa shape index (κ2) is 8.47. The summed E-state index contributed by atoms with van der Waals surface area (Å²) in [5.41, 5.74) is 3.26. The highest BCUT2D eigenvalue weighted by molar-refractivity contribution is 5.58. The molecule has 0 atom stereocenters. The Hall–Kier alpha value is -4.46. The van der Waals surface area contributed by atoms with E-state index in [2.05, 4.69) is 10.2 Å². The number of ether oxygens (including phenoxy) is 1. The van der Waals surface area contributed by atoms with Crippen molar-refractivity contribution in [2.45, 2.75) is 12.8 Å². The average molecular weight is 451 g/mol. The highest BCUT2D eigenvalue weighted by atomic mass is 16.5. The van der Waals surface area contributed by atoms with Gasteiger partial charge < -0.3 is 4.74 Å². The first-order valence-corrected chi connectivity index (χ1v) is 11.2. The van der Waals surface area contributed by atoms with E-state index in [1.165, 1.54) is 18.9 Å². The molecule has 1 aliphatic carbocycles. The molecule has 6 rings (SSSR count). The summed E-state index contributed by atoms with van der Waals surface area (Å²) in [6.07, 6.45) is 9.35. The topological polar surface area (TPSA) is 79.8 Å². The van der Waals surface area contributed by atoms with Gasteiger partial charge in [0.2, 0.25) is 5.43 Å². The van der Waals surface area contributed by atoms with Gasteiger partial charge >= 0.3 is 0 Å². The Morgan fingerprint density at radius 2 is 1.74 bits per heavy atom. The SMILES string of the molecule is O=c1ccn(-c2ccc(-n3cccn3)cc2OCC2CC2)nc1-c1ccnn1-c1ccccc1. The van der Waals surface area contributed by atoms with Crippen molar-refractivity contribution in [2.24, 2.45) is 5.92 Å². The Bertz CT molecular complexity index is 1480. The van der Waals surface area contributed by atoms with Gasteiger partial charge in [-0.05, 0) is 55.2 Å². The first-order valence-electron chi connectivity index (χ1n) is 11.2. The number of benzene rings is 2. The second-order valence-electron chi connectivity index (χ2n) is 8.29. The van der Waals surface area contributed by atoms with Gasteiger partial charge in [-0.2, -0.15) is 15.3 Å². The number of rotatable bonds is 7. The molecule has 0 radical (unpaired) electrons. The van der Waals surface area contributed by atoms with E-state index in [4.69, 9.17) is 9.84 Å². The van der Waals surface area contributed by atoms with Crippen LogP contribution in [0.1, 0.15) is 12.8 Å². The molecule has 0 spiro atoms. The summed E-state index contributed by atoms with van der Waals surface area (Å²) in [5, 5.41) is 13.4. The highest BCUT2D eigenvalue weighted by Crippen LogP contribution is 2.32. The monoisotopic (exact) mass is 450 g/mol. The van der Waals surface area contributed by atoms with Crippen molar-refractivity contribution in [1.82, 2.24) is 29.3 Å². The molecule has 1 aliphatic rings. The zero-order chi connectivity index (χ0) is 22.9. The van der Waals surface area contributed by atoms with Crippen LogP contribution in [-0.2, 0) is 0 Å². The molecule has 0 bridgehead atoms. The third-order valence-corrected chi connectivity index (χ3v) is 5.82.